The molecular weight excluding hydrogens is 298 g/mol. The van der Waals surface area contributed by atoms with Crippen LogP contribution < -0.4 is 0 Å². The second-order valence-corrected chi connectivity index (χ2v) is 6.12. The summed E-state index contributed by atoms with van der Waals surface area (Å²) in [5, 5.41) is 12.7. The van der Waals surface area contributed by atoms with Gasteiger partial charge in [-0.3, -0.25) is 0 Å². The molecule has 0 aliphatic rings. The summed E-state index contributed by atoms with van der Waals surface area (Å²) >= 11 is 1.47. The Morgan fingerprint density at radius 3 is 2.73 bits per heavy atom. The zero-order chi connectivity index (χ0) is 15.4. The van der Waals surface area contributed by atoms with Crippen LogP contribution in [0.2, 0.25) is 0 Å². The minimum atomic E-state index is 0.345. The molecule has 2 aromatic heterocycles. The van der Waals surface area contributed by atoms with Crippen LogP contribution in [-0.4, -0.2) is 15.4 Å². The molecule has 0 bridgehead atoms. The van der Waals surface area contributed by atoms with Crippen molar-refractivity contribution in [3.05, 3.63) is 59.3 Å². The molecule has 1 atom stereocenters. The van der Waals surface area contributed by atoms with Gasteiger partial charge in [-0.05, 0) is 18.4 Å². The summed E-state index contributed by atoms with van der Waals surface area (Å²) in [6.07, 6.45) is 0.737. The molecule has 6 heteroatoms. The van der Waals surface area contributed by atoms with E-state index in [9.17, 15) is 0 Å². The number of thioether (sulfide) groups is 1. The van der Waals surface area contributed by atoms with Crippen molar-refractivity contribution in [1.82, 2.24) is 15.4 Å². The minimum Gasteiger partial charge on any atom is -0.416 e. The molecule has 3 aromatic rings. The highest BCUT2D eigenvalue weighted by Crippen LogP contribution is 2.24. The summed E-state index contributed by atoms with van der Waals surface area (Å²) in [7, 11) is 0. The van der Waals surface area contributed by atoms with Crippen molar-refractivity contribution in [3.8, 4) is 0 Å². The molecular formula is C16H17N3O2S. The average molecular weight is 315 g/mol. The summed E-state index contributed by atoms with van der Waals surface area (Å²) < 4.78 is 10.7. The number of aromatic nitrogens is 3. The van der Waals surface area contributed by atoms with Crippen molar-refractivity contribution in [1.29, 1.82) is 0 Å². The first-order chi connectivity index (χ1) is 10.7. The van der Waals surface area contributed by atoms with Crippen molar-refractivity contribution in [2.24, 2.45) is 0 Å². The Bertz CT molecular complexity index is 724. The van der Waals surface area contributed by atoms with Gasteiger partial charge in [-0.25, -0.2) is 0 Å². The van der Waals surface area contributed by atoms with Crippen molar-refractivity contribution >= 4 is 11.8 Å². The molecule has 0 aliphatic carbocycles. The highest BCUT2D eigenvalue weighted by Gasteiger charge is 2.13. The maximum absolute atomic E-state index is 5.69. The van der Waals surface area contributed by atoms with E-state index in [1.807, 2.05) is 31.2 Å². The van der Waals surface area contributed by atoms with Crippen molar-refractivity contribution in [3.63, 3.8) is 0 Å². The standard InChI is InChI=1S/C16H17N3O2S/c1-11(13-6-4-3-5-7-13)8-15-17-18-16(20-15)22-10-14-9-12(2)21-19-14/h3-7,9,11H,8,10H2,1-2H3. The van der Waals surface area contributed by atoms with Gasteiger partial charge in [-0.15, -0.1) is 10.2 Å². The van der Waals surface area contributed by atoms with E-state index in [0.29, 0.717) is 22.8 Å². The molecule has 0 saturated carbocycles. The fourth-order valence-corrected chi connectivity index (χ4v) is 2.82. The summed E-state index contributed by atoms with van der Waals surface area (Å²) in [4.78, 5) is 0. The lowest BCUT2D eigenvalue weighted by Crippen LogP contribution is -1.98. The Hall–Kier alpha value is -2.08. The topological polar surface area (TPSA) is 65.0 Å². The van der Waals surface area contributed by atoms with E-state index in [0.717, 1.165) is 17.9 Å². The van der Waals surface area contributed by atoms with E-state index in [1.54, 1.807) is 0 Å². The first kappa shape index (κ1) is 14.8. The molecule has 0 aliphatic heterocycles. The number of benzene rings is 1. The largest absolute Gasteiger partial charge is 0.416 e. The zero-order valence-electron chi connectivity index (χ0n) is 12.5. The number of aryl methyl sites for hydroxylation is 1. The molecule has 22 heavy (non-hydrogen) atoms. The summed E-state index contributed by atoms with van der Waals surface area (Å²) in [6, 6.07) is 12.2. The van der Waals surface area contributed by atoms with Gasteiger partial charge in [-0.2, -0.15) is 0 Å². The third kappa shape index (κ3) is 3.76. The van der Waals surface area contributed by atoms with Gasteiger partial charge in [-0.1, -0.05) is 54.2 Å². The van der Waals surface area contributed by atoms with Gasteiger partial charge in [0.15, 0.2) is 0 Å². The van der Waals surface area contributed by atoms with Crippen molar-refractivity contribution < 1.29 is 8.94 Å². The number of hydrogen-bond donors (Lipinski definition) is 0. The third-order valence-electron chi connectivity index (χ3n) is 3.32. The number of hydrogen-bond acceptors (Lipinski definition) is 6. The monoisotopic (exact) mass is 315 g/mol. The van der Waals surface area contributed by atoms with Gasteiger partial charge in [0.25, 0.3) is 5.22 Å². The fourth-order valence-electron chi connectivity index (χ4n) is 2.16. The normalized spacial score (nSPS) is 12.5. The maximum Gasteiger partial charge on any atom is 0.276 e. The Kier molecular flexibility index (Phi) is 4.58. The van der Waals surface area contributed by atoms with Crippen LogP contribution in [0.5, 0.6) is 0 Å². The average Bonchev–Trinajstić information content (AvgIpc) is 3.15. The molecule has 114 valence electrons. The molecule has 1 aromatic carbocycles. The van der Waals surface area contributed by atoms with Crippen LogP contribution in [0.25, 0.3) is 0 Å². The van der Waals surface area contributed by atoms with Gasteiger partial charge in [0.1, 0.15) is 5.76 Å². The van der Waals surface area contributed by atoms with Gasteiger partial charge in [0.2, 0.25) is 5.89 Å². The van der Waals surface area contributed by atoms with E-state index >= 15 is 0 Å². The van der Waals surface area contributed by atoms with E-state index in [1.165, 1.54) is 17.3 Å². The molecule has 2 heterocycles. The fraction of sp³-hybridized carbons (Fsp3) is 0.312. The lowest BCUT2D eigenvalue weighted by atomic mass is 9.98. The number of rotatable bonds is 6. The molecule has 0 radical (unpaired) electrons. The van der Waals surface area contributed by atoms with Crippen LogP contribution in [0.15, 0.2) is 50.6 Å². The predicted molar refractivity (Wildman–Crippen MR) is 83.7 cm³/mol. The molecule has 0 spiro atoms. The lowest BCUT2D eigenvalue weighted by molar-refractivity contribution is 0.392. The smallest absolute Gasteiger partial charge is 0.276 e. The SMILES string of the molecule is Cc1cc(CSc2nnc(CC(C)c3ccccc3)o2)no1. The zero-order valence-corrected chi connectivity index (χ0v) is 13.3. The highest BCUT2D eigenvalue weighted by atomic mass is 32.2. The predicted octanol–water partition coefficient (Wildman–Crippen LogP) is 4.00. The molecule has 1 unspecified atom stereocenters. The van der Waals surface area contributed by atoms with Crippen LogP contribution in [-0.2, 0) is 12.2 Å². The van der Waals surface area contributed by atoms with Gasteiger partial charge in [0, 0.05) is 18.2 Å². The van der Waals surface area contributed by atoms with Crippen molar-refractivity contribution in [2.45, 2.75) is 37.2 Å². The molecule has 0 amide bonds. The lowest BCUT2D eigenvalue weighted by Gasteiger charge is -2.08. The van der Waals surface area contributed by atoms with Crippen LogP contribution in [0.4, 0.5) is 0 Å². The second-order valence-electron chi connectivity index (χ2n) is 5.20. The van der Waals surface area contributed by atoms with E-state index in [2.05, 4.69) is 34.4 Å². The molecule has 0 N–H and O–H groups in total. The Morgan fingerprint density at radius 2 is 2.00 bits per heavy atom. The first-order valence-electron chi connectivity index (χ1n) is 7.13. The Balaban J connectivity index is 1.57. The van der Waals surface area contributed by atoms with Crippen LogP contribution >= 0.6 is 11.8 Å². The molecule has 0 saturated heterocycles. The van der Waals surface area contributed by atoms with Crippen LogP contribution in [0.3, 0.4) is 0 Å². The first-order valence-corrected chi connectivity index (χ1v) is 8.11. The van der Waals surface area contributed by atoms with E-state index < -0.39 is 0 Å². The van der Waals surface area contributed by atoms with Gasteiger partial charge in [0.05, 0.1) is 5.69 Å². The van der Waals surface area contributed by atoms with Crippen molar-refractivity contribution in [2.75, 3.05) is 0 Å². The minimum absolute atomic E-state index is 0.345. The number of nitrogens with zero attached hydrogens (tertiary/aromatic N) is 3. The molecule has 3 rings (SSSR count). The summed E-state index contributed by atoms with van der Waals surface area (Å²) in [6.45, 7) is 4.03. The van der Waals surface area contributed by atoms with Gasteiger partial charge >= 0.3 is 0 Å². The van der Waals surface area contributed by atoms with Crippen LogP contribution in [0, 0.1) is 6.92 Å². The van der Waals surface area contributed by atoms with Crippen LogP contribution in [0.1, 0.15) is 35.7 Å². The van der Waals surface area contributed by atoms with E-state index in [4.69, 9.17) is 8.94 Å². The Morgan fingerprint density at radius 1 is 1.18 bits per heavy atom. The van der Waals surface area contributed by atoms with Gasteiger partial charge < -0.3 is 8.94 Å². The summed E-state index contributed by atoms with van der Waals surface area (Å²) in [5.41, 5.74) is 2.15. The second kappa shape index (κ2) is 6.79. The third-order valence-corrected chi connectivity index (χ3v) is 4.17. The highest BCUT2D eigenvalue weighted by molar-refractivity contribution is 7.98. The Labute approximate surface area is 133 Å². The molecule has 5 nitrogen and oxygen atoms in total. The maximum atomic E-state index is 5.69. The quantitative estimate of drug-likeness (QED) is 0.640. The van der Waals surface area contributed by atoms with E-state index in [-0.39, 0.29) is 0 Å². The summed E-state index contributed by atoms with van der Waals surface area (Å²) in [5.74, 6) is 2.47. The molecule has 0 fully saturated rings.